The van der Waals surface area contributed by atoms with Gasteiger partial charge in [-0.25, -0.2) is 0 Å². The topological polar surface area (TPSA) is 33.5 Å². The summed E-state index contributed by atoms with van der Waals surface area (Å²) in [5.74, 6) is 0.0791. The van der Waals surface area contributed by atoms with Crippen LogP contribution in [0.15, 0.2) is 54.6 Å². The van der Waals surface area contributed by atoms with Gasteiger partial charge >= 0.3 is 0 Å². The summed E-state index contributed by atoms with van der Waals surface area (Å²) < 4.78 is 0. The van der Waals surface area contributed by atoms with Gasteiger partial charge in [-0.1, -0.05) is 54.1 Å². The molecule has 0 radical (unpaired) electrons. The van der Waals surface area contributed by atoms with Gasteiger partial charge in [-0.05, 0) is 24.1 Å². The van der Waals surface area contributed by atoms with E-state index in [1.165, 1.54) is 10.5 Å². The van der Waals surface area contributed by atoms with E-state index in [9.17, 15) is 4.79 Å². The highest BCUT2D eigenvalue weighted by Crippen LogP contribution is 2.10. The molecule has 0 aliphatic heterocycles. The molecule has 0 aromatic heterocycles. The second-order valence-electron chi connectivity index (χ2n) is 5.53. The summed E-state index contributed by atoms with van der Waals surface area (Å²) in [4.78, 5) is 13.1. The largest absolute Gasteiger partial charge is 0.351 e. The van der Waals surface area contributed by atoms with Crippen molar-refractivity contribution in [3.05, 3.63) is 70.7 Å². The van der Waals surface area contributed by atoms with Crippen molar-refractivity contribution in [3.63, 3.8) is 0 Å². The first kappa shape index (κ1) is 16.5. The molecule has 2 aromatic rings. The van der Waals surface area contributed by atoms with Crippen molar-refractivity contribution in [1.82, 2.24) is 5.32 Å². The van der Waals surface area contributed by atoms with Gasteiger partial charge in [0.25, 0.3) is 5.91 Å². The minimum Gasteiger partial charge on any atom is -0.351 e. The quantitative estimate of drug-likeness (QED) is 0.801. The Balaban J connectivity index is 1.69. The molecule has 1 atom stereocenters. The van der Waals surface area contributed by atoms with Crippen molar-refractivity contribution in [2.75, 3.05) is 20.1 Å². The van der Waals surface area contributed by atoms with Gasteiger partial charge in [0.15, 0.2) is 6.54 Å². The monoisotopic (exact) mass is 317 g/mol. The maximum atomic E-state index is 11.9. The Hall–Kier alpha value is -1.84. The zero-order chi connectivity index (χ0) is 15.8. The van der Waals surface area contributed by atoms with Gasteiger partial charge in [-0.3, -0.25) is 4.79 Å². The number of hydrogen-bond donors (Lipinski definition) is 2. The van der Waals surface area contributed by atoms with Crippen molar-refractivity contribution in [1.29, 1.82) is 0 Å². The fourth-order valence-electron chi connectivity index (χ4n) is 2.38. The third-order valence-corrected chi connectivity index (χ3v) is 3.67. The maximum absolute atomic E-state index is 11.9. The minimum absolute atomic E-state index is 0.0791. The summed E-state index contributed by atoms with van der Waals surface area (Å²) in [7, 11) is 2.03. The summed E-state index contributed by atoms with van der Waals surface area (Å²) >= 11 is 5.94. The average molecular weight is 318 g/mol. The lowest BCUT2D eigenvalue weighted by atomic mass is 10.1. The zero-order valence-corrected chi connectivity index (χ0v) is 13.6. The van der Waals surface area contributed by atoms with Crippen molar-refractivity contribution in [2.24, 2.45) is 0 Å². The first-order chi connectivity index (χ1) is 10.6. The Labute approximate surface area is 136 Å². The van der Waals surface area contributed by atoms with Gasteiger partial charge in [-0.2, -0.15) is 0 Å². The van der Waals surface area contributed by atoms with Gasteiger partial charge in [0.2, 0.25) is 0 Å². The van der Waals surface area contributed by atoms with E-state index in [0.29, 0.717) is 13.1 Å². The molecule has 1 unspecified atom stereocenters. The predicted molar refractivity (Wildman–Crippen MR) is 90.1 cm³/mol. The molecule has 0 bridgehead atoms. The molecule has 0 fully saturated rings. The lowest BCUT2D eigenvalue weighted by Gasteiger charge is -2.14. The van der Waals surface area contributed by atoms with Crippen LogP contribution in [0.2, 0.25) is 5.02 Å². The van der Waals surface area contributed by atoms with Crippen LogP contribution in [-0.2, 0) is 17.8 Å². The van der Waals surface area contributed by atoms with Crippen LogP contribution in [0.4, 0.5) is 0 Å². The normalized spacial score (nSPS) is 11.9. The Bertz CT molecular complexity index is 601. The van der Waals surface area contributed by atoms with E-state index < -0.39 is 0 Å². The lowest BCUT2D eigenvalue weighted by molar-refractivity contribution is -0.885. The van der Waals surface area contributed by atoms with Crippen LogP contribution in [0.5, 0.6) is 0 Å². The number of amides is 1. The molecule has 0 heterocycles. The Morgan fingerprint density at radius 3 is 2.55 bits per heavy atom. The highest BCUT2D eigenvalue weighted by Gasteiger charge is 2.09. The van der Waals surface area contributed by atoms with Crippen LogP contribution in [0.3, 0.4) is 0 Å². The number of likely N-dealkylation sites (N-methyl/N-ethyl adjacent to an activating group) is 1. The number of carbonyl (C=O) groups excluding carboxylic acids is 1. The zero-order valence-electron chi connectivity index (χ0n) is 12.8. The van der Waals surface area contributed by atoms with Crippen molar-refractivity contribution < 1.29 is 9.69 Å². The van der Waals surface area contributed by atoms with Crippen LogP contribution in [0.25, 0.3) is 0 Å². The smallest absolute Gasteiger partial charge is 0.275 e. The summed E-state index contributed by atoms with van der Waals surface area (Å²) in [5.41, 5.74) is 2.38. The van der Waals surface area contributed by atoms with E-state index in [4.69, 9.17) is 11.6 Å². The predicted octanol–water partition coefficient (Wildman–Crippen LogP) is 1.71. The number of carbonyl (C=O) groups is 1. The maximum Gasteiger partial charge on any atom is 0.275 e. The van der Waals surface area contributed by atoms with Crippen LogP contribution >= 0.6 is 11.6 Å². The number of hydrogen-bond acceptors (Lipinski definition) is 1. The van der Waals surface area contributed by atoms with E-state index in [2.05, 4.69) is 17.4 Å². The van der Waals surface area contributed by atoms with Crippen molar-refractivity contribution in [2.45, 2.75) is 13.0 Å². The molecule has 2 aromatic carbocycles. The van der Waals surface area contributed by atoms with Crippen LogP contribution in [0.1, 0.15) is 11.1 Å². The van der Waals surface area contributed by atoms with Gasteiger partial charge in [0, 0.05) is 17.1 Å². The van der Waals surface area contributed by atoms with Crippen molar-refractivity contribution in [3.8, 4) is 0 Å². The molecule has 0 aliphatic carbocycles. The van der Waals surface area contributed by atoms with E-state index in [-0.39, 0.29) is 5.91 Å². The number of benzene rings is 2. The molecule has 2 rings (SSSR count). The van der Waals surface area contributed by atoms with Crippen molar-refractivity contribution >= 4 is 17.5 Å². The Morgan fingerprint density at radius 1 is 1.09 bits per heavy atom. The first-order valence-corrected chi connectivity index (χ1v) is 7.87. The fourth-order valence-corrected chi connectivity index (χ4v) is 2.60. The summed E-state index contributed by atoms with van der Waals surface area (Å²) in [6, 6.07) is 17.9. The number of quaternary nitrogens is 1. The van der Waals surface area contributed by atoms with Gasteiger partial charge in [0.05, 0.1) is 7.05 Å². The van der Waals surface area contributed by atoms with E-state index >= 15 is 0 Å². The molecule has 0 saturated heterocycles. The third-order valence-electron chi connectivity index (χ3n) is 3.44. The minimum atomic E-state index is 0.0791. The number of rotatable bonds is 7. The molecular formula is C18H22ClN2O+. The second-order valence-corrected chi connectivity index (χ2v) is 5.96. The van der Waals surface area contributed by atoms with Gasteiger partial charge in [0.1, 0.15) is 6.54 Å². The average Bonchev–Trinajstić information content (AvgIpc) is 2.48. The Kier molecular flexibility index (Phi) is 6.44. The summed E-state index contributed by atoms with van der Waals surface area (Å²) in [6.07, 6.45) is 0.796. The SMILES string of the molecule is C[NH+](CC(=O)NCCc1cccc(Cl)c1)Cc1ccccc1. The van der Waals surface area contributed by atoms with Gasteiger partial charge < -0.3 is 10.2 Å². The molecule has 0 spiro atoms. The molecule has 116 valence electrons. The first-order valence-electron chi connectivity index (χ1n) is 7.50. The fraction of sp³-hybridized carbons (Fsp3) is 0.278. The van der Waals surface area contributed by atoms with Gasteiger partial charge in [-0.15, -0.1) is 0 Å². The summed E-state index contributed by atoms with van der Waals surface area (Å²) in [5, 5.41) is 3.70. The van der Waals surface area contributed by atoms with Crippen LogP contribution < -0.4 is 10.2 Å². The van der Waals surface area contributed by atoms with E-state index in [1.807, 2.05) is 49.5 Å². The third kappa shape index (κ3) is 5.88. The second kappa shape index (κ2) is 8.57. The molecule has 3 nitrogen and oxygen atoms in total. The molecule has 0 saturated carbocycles. The molecule has 1 amide bonds. The lowest BCUT2D eigenvalue weighted by Crippen LogP contribution is -3.08. The van der Waals surface area contributed by atoms with E-state index in [0.717, 1.165) is 23.6 Å². The Morgan fingerprint density at radius 2 is 1.82 bits per heavy atom. The molecular weight excluding hydrogens is 296 g/mol. The van der Waals surface area contributed by atoms with E-state index in [1.54, 1.807) is 0 Å². The number of halogens is 1. The number of nitrogens with one attached hydrogen (secondary N) is 2. The highest BCUT2D eigenvalue weighted by atomic mass is 35.5. The molecule has 4 heteroatoms. The molecule has 0 aliphatic rings. The molecule has 2 N–H and O–H groups in total. The molecule has 22 heavy (non-hydrogen) atoms. The van der Waals surface area contributed by atoms with Crippen LogP contribution in [0, 0.1) is 0 Å². The summed E-state index contributed by atoms with van der Waals surface area (Å²) in [6.45, 7) is 1.96. The standard InChI is InChI=1S/C18H21ClN2O/c1-21(13-16-6-3-2-4-7-16)14-18(22)20-11-10-15-8-5-9-17(19)12-15/h2-9,12H,10-11,13-14H2,1H3,(H,20,22)/p+1. The van der Waals surface area contributed by atoms with Crippen LogP contribution in [-0.4, -0.2) is 26.0 Å². The highest BCUT2D eigenvalue weighted by molar-refractivity contribution is 6.30.